The standard InChI is InChI=1S/C15H20N4O2/c1-3-21-10-11-6-4-5-7-13(11)18-15(20)14(16)12-8-17-19(2)9-12/h4-9,14H,3,10,16H2,1-2H3,(H,18,20). The highest BCUT2D eigenvalue weighted by Gasteiger charge is 2.18. The SMILES string of the molecule is CCOCc1ccccc1NC(=O)C(N)c1cnn(C)c1. The summed E-state index contributed by atoms with van der Waals surface area (Å²) in [6.07, 6.45) is 3.33. The van der Waals surface area contributed by atoms with Gasteiger partial charge in [-0.3, -0.25) is 9.48 Å². The Morgan fingerprint density at radius 3 is 2.90 bits per heavy atom. The van der Waals surface area contributed by atoms with E-state index in [9.17, 15) is 4.79 Å². The molecular weight excluding hydrogens is 268 g/mol. The van der Waals surface area contributed by atoms with E-state index in [1.165, 1.54) is 0 Å². The van der Waals surface area contributed by atoms with E-state index in [4.69, 9.17) is 10.5 Å². The lowest BCUT2D eigenvalue weighted by Crippen LogP contribution is -2.27. The molecule has 0 fully saturated rings. The topological polar surface area (TPSA) is 82.2 Å². The molecule has 0 aliphatic heterocycles. The van der Waals surface area contributed by atoms with Crippen molar-refractivity contribution in [3.8, 4) is 0 Å². The smallest absolute Gasteiger partial charge is 0.246 e. The molecule has 0 bridgehead atoms. The van der Waals surface area contributed by atoms with E-state index in [0.29, 0.717) is 18.8 Å². The lowest BCUT2D eigenvalue weighted by atomic mass is 10.1. The molecule has 2 aromatic rings. The van der Waals surface area contributed by atoms with Gasteiger partial charge in [-0.05, 0) is 13.0 Å². The third-order valence-electron chi connectivity index (χ3n) is 3.10. The van der Waals surface area contributed by atoms with Gasteiger partial charge in [0.1, 0.15) is 6.04 Å². The Kier molecular flexibility index (Phi) is 5.08. The second kappa shape index (κ2) is 7.01. The quantitative estimate of drug-likeness (QED) is 0.845. The second-order valence-corrected chi connectivity index (χ2v) is 4.71. The first kappa shape index (κ1) is 15.2. The summed E-state index contributed by atoms with van der Waals surface area (Å²) in [6.45, 7) is 3.01. The summed E-state index contributed by atoms with van der Waals surface area (Å²) in [6, 6.07) is 6.77. The van der Waals surface area contributed by atoms with Crippen LogP contribution in [-0.4, -0.2) is 22.3 Å². The molecule has 0 saturated heterocycles. The van der Waals surface area contributed by atoms with Gasteiger partial charge in [-0.15, -0.1) is 0 Å². The highest BCUT2D eigenvalue weighted by molar-refractivity contribution is 5.95. The average Bonchev–Trinajstić information content (AvgIpc) is 2.92. The molecule has 6 heteroatoms. The zero-order valence-electron chi connectivity index (χ0n) is 12.2. The Hall–Kier alpha value is -2.18. The van der Waals surface area contributed by atoms with Crippen molar-refractivity contribution in [2.24, 2.45) is 12.8 Å². The summed E-state index contributed by atoms with van der Waals surface area (Å²) in [5.74, 6) is -0.271. The van der Waals surface area contributed by atoms with Crippen LogP contribution in [0, 0.1) is 0 Å². The maximum atomic E-state index is 12.2. The van der Waals surface area contributed by atoms with Gasteiger partial charge in [0.25, 0.3) is 0 Å². The molecule has 6 nitrogen and oxygen atoms in total. The molecule has 1 aromatic carbocycles. The largest absolute Gasteiger partial charge is 0.377 e. The summed E-state index contributed by atoms with van der Waals surface area (Å²) in [4.78, 5) is 12.2. The average molecular weight is 288 g/mol. The van der Waals surface area contributed by atoms with E-state index in [-0.39, 0.29) is 5.91 Å². The molecule has 0 saturated carbocycles. The molecule has 112 valence electrons. The van der Waals surface area contributed by atoms with Crippen molar-refractivity contribution in [2.45, 2.75) is 19.6 Å². The number of rotatable bonds is 6. The second-order valence-electron chi connectivity index (χ2n) is 4.71. The lowest BCUT2D eigenvalue weighted by Gasteiger charge is -2.14. The van der Waals surface area contributed by atoms with Crippen LogP contribution in [0.1, 0.15) is 24.1 Å². The monoisotopic (exact) mass is 288 g/mol. The van der Waals surface area contributed by atoms with E-state index in [1.807, 2.05) is 31.2 Å². The minimum atomic E-state index is -0.751. The number of anilines is 1. The number of aromatic nitrogens is 2. The van der Waals surface area contributed by atoms with Crippen LogP contribution in [0.25, 0.3) is 0 Å². The van der Waals surface area contributed by atoms with Crippen LogP contribution in [0.2, 0.25) is 0 Å². The first-order valence-corrected chi connectivity index (χ1v) is 6.82. The highest BCUT2D eigenvalue weighted by atomic mass is 16.5. The molecule has 0 spiro atoms. The Morgan fingerprint density at radius 2 is 2.24 bits per heavy atom. The fourth-order valence-electron chi connectivity index (χ4n) is 1.94. The van der Waals surface area contributed by atoms with E-state index in [2.05, 4.69) is 10.4 Å². The van der Waals surface area contributed by atoms with Crippen LogP contribution in [0.15, 0.2) is 36.7 Å². The zero-order valence-corrected chi connectivity index (χ0v) is 12.2. The van der Waals surface area contributed by atoms with E-state index < -0.39 is 6.04 Å². The molecule has 1 aromatic heterocycles. The fourth-order valence-corrected chi connectivity index (χ4v) is 1.94. The normalized spacial score (nSPS) is 12.1. The maximum Gasteiger partial charge on any atom is 0.246 e. The van der Waals surface area contributed by atoms with Crippen LogP contribution in [0.5, 0.6) is 0 Å². The van der Waals surface area contributed by atoms with Crippen LogP contribution in [0.4, 0.5) is 5.69 Å². The predicted molar refractivity (Wildman–Crippen MR) is 80.5 cm³/mol. The summed E-state index contributed by atoms with van der Waals surface area (Å²) < 4.78 is 7.01. The Morgan fingerprint density at radius 1 is 1.48 bits per heavy atom. The number of nitrogens with one attached hydrogen (secondary N) is 1. The summed E-state index contributed by atoms with van der Waals surface area (Å²) in [5.41, 5.74) is 8.27. The number of aryl methyl sites for hydroxylation is 1. The number of benzene rings is 1. The van der Waals surface area contributed by atoms with Crippen LogP contribution in [0.3, 0.4) is 0 Å². The Bertz CT molecular complexity index is 609. The van der Waals surface area contributed by atoms with Gasteiger partial charge in [0.15, 0.2) is 0 Å². The number of ether oxygens (including phenoxy) is 1. The molecule has 0 aliphatic carbocycles. The molecule has 21 heavy (non-hydrogen) atoms. The third kappa shape index (κ3) is 3.90. The molecule has 1 unspecified atom stereocenters. The molecule has 0 aliphatic rings. The number of carbonyl (C=O) groups is 1. The third-order valence-corrected chi connectivity index (χ3v) is 3.10. The van der Waals surface area contributed by atoms with Gasteiger partial charge in [0, 0.05) is 36.7 Å². The molecule has 2 rings (SSSR count). The van der Waals surface area contributed by atoms with Crippen molar-refractivity contribution in [1.29, 1.82) is 0 Å². The number of hydrogen-bond acceptors (Lipinski definition) is 4. The molecule has 1 atom stereocenters. The molecule has 1 amide bonds. The number of hydrogen-bond donors (Lipinski definition) is 2. The predicted octanol–water partition coefficient (Wildman–Crippen LogP) is 1.60. The highest BCUT2D eigenvalue weighted by Crippen LogP contribution is 2.18. The minimum absolute atomic E-state index is 0.271. The van der Waals surface area contributed by atoms with Gasteiger partial charge < -0.3 is 15.8 Å². The van der Waals surface area contributed by atoms with E-state index in [0.717, 1.165) is 11.3 Å². The van der Waals surface area contributed by atoms with Gasteiger partial charge in [0.2, 0.25) is 5.91 Å². The molecule has 0 radical (unpaired) electrons. The Labute approximate surface area is 123 Å². The van der Waals surface area contributed by atoms with Gasteiger partial charge >= 0.3 is 0 Å². The van der Waals surface area contributed by atoms with Crippen LogP contribution < -0.4 is 11.1 Å². The maximum absolute atomic E-state index is 12.2. The first-order chi connectivity index (χ1) is 10.1. The summed E-state index contributed by atoms with van der Waals surface area (Å²) >= 11 is 0. The van der Waals surface area contributed by atoms with Crippen molar-refractivity contribution in [3.05, 3.63) is 47.8 Å². The number of nitrogens with two attached hydrogens (primary N) is 1. The van der Waals surface area contributed by atoms with Crippen molar-refractivity contribution in [2.75, 3.05) is 11.9 Å². The van der Waals surface area contributed by atoms with Gasteiger partial charge in [-0.2, -0.15) is 5.10 Å². The van der Waals surface area contributed by atoms with Crippen molar-refractivity contribution >= 4 is 11.6 Å². The Balaban J connectivity index is 2.08. The van der Waals surface area contributed by atoms with Gasteiger partial charge in [-0.25, -0.2) is 0 Å². The van der Waals surface area contributed by atoms with Crippen molar-refractivity contribution < 1.29 is 9.53 Å². The number of amides is 1. The van der Waals surface area contributed by atoms with Crippen LogP contribution >= 0.6 is 0 Å². The zero-order chi connectivity index (χ0) is 15.2. The number of nitrogens with zero attached hydrogens (tertiary/aromatic N) is 2. The lowest BCUT2D eigenvalue weighted by molar-refractivity contribution is -0.117. The molecule has 1 heterocycles. The number of para-hydroxylation sites is 1. The van der Waals surface area contributed by atoms with E-state index >= 15 is 0 Å². The molecular formula is C15H20N4O2. The van der Waals surface area contributed by atoms with Gasteiger partial charge in [0.05, 0.1) is 12.8 Å². The van der Waals surface area contributed by atoms with Gasteiger partial charge in [-0.1, -0.05) is 18.2 Å². The molecule has 3 N–H and O–H groups in total. The van der Waals surface area contributed by atoms with Crippen molar-refractivity contribution in [3.63, 3.8) is 0 Å². The fraction of sp³-hybridized carbons (Fsp3) is 0.333. The van der Waals surface area contributed by atoms with Crippen LogP contribution in [-0.2, 0) is 23.2 Å². The summed E-state index contributed by atoms with van der Waals surface area (Å²) in [5, 5.41) is 6.87. The minimum Gasteiger partial charge on any atom is -0.377 e. The first-order valence-electron chi connectivity index (χ1n) is 6.82. The number of carbonyl (C=O) groups excluding carboxylic acids is 1. The summed E-state index contributed by atoms with van der Waals surface area (Å²) in [7, 11) is 1.78. The van der Waals surface area contributed by atoms with E-state index in [1.54, 1.807) is 24.1 Å². The van der Waals surface area contributed by atoms with Crippen molar-refractivity contribution in [1.82, 2.24) is 9.78 Å².